The van der Waals surface area contributed by atoms with Gasteiger partial charge in [0, 0.05) is 16.4 Å². The third-order valence-corrected chi connectivity index (χ3v) is 4.89. The second kappa shape index (κ2) is 8.20. The number of nitrogens with one attached hydrogen (secondary N) is 3. The molecule has 3 rings (SSSR count). The van der Waals surface area contributed by atoms with E-state index in [0.717, 1.165) is 16.9 Å². The van der Waals surface area contributed by atoms with Gasteiger partial charge in [0.1, 0.15) is 4.88 Å². The van der Waals surface area contributed by atoms with Crippen LogP contribution < -0.4 is 16.0 Å². The number of carbonyl (C=O) groups excluding carboxylic acids is 2. The van der Waals surface area contributed by atoms with Gasteiger partial charge in [0.2, 0.25) is 0 Å². The van der Waals surface area contributed by atoms with Crippen molar-refractivity contribution in [3.05, 3.63) is 69.7 Å². The van der Waals surface area contributed by atoms with Gasteiger partial charge in [-0.2, -0.15) is 0 Å². The average Bonchev–Trinajstić information content (AvgIpc) is 2.95. The Labute approximate surface area is 165 Å². The lowest BCUT2D eigenvalue weighted by molar-refractivity contribution is 0.103. The predicted octanol–water partition coefficient (Wildman–Crippen LogP) is 5.31. The molecule has 0 aliphatic carbocycles. The first-order chi connectivity index (χ1) is 12.9. The third kappa shape index (κ3) is 5.06. The molecule has 0 radical (unpaired) electrons. The van der Waals surface area contributed by atoms with Crippen LogP contribution in [0, 0.1) is 13.8 Å². The highest BCUT2D eigenvalue weighted by atomic mass is 35.5. The van der Waals surface area contributed by atoms with Gasteiger partial charge in [-0.15, -0.1) is 0 Å². The van der Waals surface area contributed by atoms with Gasteiger partial charge in [0.25, 0.3) is 5.91 Å². The SMILES string of the molecule is Cc1cccc(NC(=O)c2sc(NC(=O)Nc3cccc(Cl)c3)nc2C)c1. The Morgan fingerprint density at radius 1 is 0.963 bits per heavy atom. The average molecular weight is 401 g/mol. The number of anilines is 3. The molecule has 6 nitrogen and oxygen atoms in total. The molecule has 3 amide bonds. The number of aryl methyl sites for hydroxylation is 2. The van der Waals surface area contributed by atoms with Gasteiger partial charge in [-0.3, -0.25) is 10.1 Å². The van der Waals surface area contributed by atoms with Crippen LogP contribution in [0.2, 0.25) is 5.02 Å². The summed E-state index contributed by atoms with van der Waals surface area (Å²) in [5.74, 6) is -0.265. The molecule has 0 atom stereocenters. The fourth-order valence-electron chi connectivity index (χ4n) is 2.40. The molecule has 8 heteroatoms. The van der Waals surface area contributed by atoms with Gasteiger partial charge in [-0.05, 0) is 49.7 Å². The number of amides is 3. The molecule has 0 spiro atoms. The van der Waals surface area contributed by atoms with Crippen LogP contribution in [0.1, 0.15) is 20.9 Å². The van der Waals surface area contributed by atoms with Gasteiger partial charge < -0.3 is 10.6 Å². The Morgan fingerprint density at radius 2 is 1.67 bits per heavy atom. The zero-order chi connectivity index (χ0) is 19.4. The lowest BCUT2D eigenvalue weighted by Gasteiger charge is -2.05. The number of urea groups is 1. The quantitative estimate of drug-likeness (QED) is 0.555. The van der Waals surface area contributed by atoms with Gasteiger partial charge >= 0.3 is 6.03 Å². The summed E-state index contributed by atoms with van der Waals surface area (Å²) in [7, 11) is 0. The summed E-state index contributed by atoms with van der Waals surface area (Å²) in [5.41, 5.74) is 2.86. The molecule has 0 saturated carbocycles. The lowest BCUT2D eigenvalue weighted by Crippen LogP contribution is -2.19. The molecular formula is C19H17ClN4O2S. The summed E-state index contributed by atoms with van der Waals surface area (Å²) in [6.45, 7) is 3.68. The Bertz CT molecular complexity index is 1000. The molecule has 0 bridgehead atoms. The molecule has 0 fully saturated rings. The molecule has 3 N–H and O–H groups in total. The molecule has 0 unspecified atom stereocenters. The Balaban J connectivity index is 1.66. The summed E-state index contributed by atoms with van der Waals surface area (Å²) >= 11 is 7.01. The smallest absolute Gasteiger partial charge is 0.321 e. The minimum Gasteiger partial charge on any atom is -0.321 e. The molecule has 1 heterocycles. The summed E-state index contributed by atoms with van der Waals surface area (Å²) in [5, 5.41) is 9.00. The van der Waals surface area contributed by atoms with Gasteiger partial charge in [-0.1, -0.05) is 41.1 Å². The number of carbonyl (C=O) groups is 2. The maximum atomic E-state index is 12.5. The zero-order valence-corrected chi connectivity index (χ0v) is 16.2. The summed E-state index contributed by atoms with van der Waals surface area (Å²) in [4.78, 5) is 29.3. The maximum Gasteiger partial charge on any atom is 0.325 e. The largest absolute Gasteiger partial charge is 0.325 e. The van der Waals surface area contributed by atoms with Crippen molar-refractivity contribution >= 4 is 51.4 Å². The van der Waals surface area contributed by atoms with Crippen molar-refractivity contribution in [3.8, 4) is 0 Å². The summed E-state index contributed by atoms with van der Waals surface area (Å²) in [6, 6.07) is 13.9. The third-order valence-electron chi connectivity index (χ3n) is 3.58. The standard InChI is InChI=1S/C19H17ClN4O2S/c1-11-5-3-7-14(9-11)22-17(25)16-12(2)21-19(27-16)24-18(26)23-15-8-4-6-13(20)10-15/h3-10H,1-2H3,(H,22,25)(H2,21,23,24,26). The first kappa shape index (κ1) is 18.9. The topological polar surface area (TPSA) is 83.1 Å². The highest BCUT2D eigenvalue weighted by Crippen LogP contribution is 2.24. The minimum absolute atomic E-state index is 0.265. The minimum atomic E-state index is -0.461. The number of hydrogen-bond donors (Lipinski definition) is 3. The first-order valence-electron chi connectivity index (χ1n) is 8.10. The Hall–Kier alpha value is -2.90. The van der Waals surface area contributed by atoms with Crippen LogP contribution in [-0.4, -0.2) is 16.9 Å². The van der Waals surface area contributed by atoms with Gasteiger partial charge in [-0.25, -0.2) is 9.78 Å². The number of benzene rings is 2. The van der Waals surface area contributed by atoms with E-state index in [1.54, 1.807) is 31.2 Å². The molecule has 2 aromatic carbocycles. The van der Waals surface area contributed by atoms with E-state index in [9.17, 15) is 9.59 Å². The maximum absolute atomic E-state index is 12.5. The molecule has 3 aromatic rings. The van der Waals surface area contributed by atoms with E-state index in [4.69, 9.17) is 11.6 Å². The number of thiazole rings is 1. The van der Waals surface area contributed by atoms with Crippen molar-refractivity contribution < 1.29 is 9.59 Å². The van der Waals surface area contributed by atoms with Crippen LogP contribution in [0.3, 0.4) is 0 Å². The fraction of sp³-hybridized carbons (Fsp3) is 0.105. The van der Waals surface area contributed by atoms with Crippen molar-refractivity contribution in [2.45, 2.75) is 13.8 Å². The zero-order valence-electron chi connectivity index (χ0n) is 14.7. The molecular weight excluding hydrogens is 384 g/mol. The van der Waals surface area contributed by atoms with E-state index in [-0.39, 0.29) is 5.91 Å². The van der Waals surface area contributed by atoms with Gasteiger partial charge in [0.15, 0.2) is 5.13 Å². The second-order valence-electron chi connectivity index (χ2n) is 5.85. The first-order valence-corrected chi connectivity index (χ1v) is 9.29. The van der Waals surface area contributed by atoms with Crippen LogP contribution in [0.25, 0.3) is 0 Å². The number of nitrogens with zero attached hydrogens (tertiary/aromatic N) is 1. The number of rotatable bonds is 4. The lowest BCUT2D eigenvalue weighted by atomic mass is 10.2. The van der Waals surface area contributed by atoms with E-state index in [1.165, 1.54) is 0 Å². The molecule has 0 aliphatic rings. The predicted molar refractivity (Wildman–Crippen MR) is 110 cm³/mol. The summed E-state index contributed by atoms with van der Waals surface area (Å²) < 4.78 is 0. The van der Waals surface area contributed by atoms with Crippen molar-refractivity contribution in [1.82, 2.24) is 4.98 Å². The van der Waals surface area contributed by atoms with Crippen molar-refractivity contribution in [3.63, 3.8) is 0 Å². The highest BCUT2D eigenvalue weighted by Gasteiger charge is 2.17. The van der Waals surface area contributed by atoms with Crippen LogP contribution >= 0.6 is 22.9 Å². The van der Waals surface area contributed by atoms with E-state index in [2.05, 4.69) is 20.9 Å². The van der Waals surface area contributed by atoms with E-state index in [1.807, 2.05) is 31.2 Å². The molecule has 0 aliphatic heterocycles. The van der Waals surface area contributed by atoms with Crippen LogP contribution in [0.15, 0.2) is 48.5 Å². The monoisotopic (exact) mass is 400 g/mol. The van der Waals surface area contributed by atoms with Crippen molar-refractivity contribution in [1.29, 1.82) is 0 Å². The molecule has 0 saturated heterocycles. The van der Waals surface area contributed by atoms with Crippen LogP contribution in [0.5, 0.6) is 0 Å². The number of halogens is 1. The van der Waals surface area contributed by atoms with Crippen molar-refractivity contribution in [2.75, 3.05) is 16.0 Å². The molecule has 27 heavy (non-hydrogen) atoms. The van der Waals surface area contributed by atoms with Crippen LogP contribution in [0.4, 0.5) is 21.3 Å². The fourth-order valence-corrected chi connectivity index (χ4v) is 3.44. The van der Waals surface area contributed by atoms with Crippen molar-refractivity contribution in [2.24, 2.45) is 0 Å². The second-order valence-corrected chi connectivity index (χ2v) is 7.28. The van der Waals surface area contributed by atoms with E-state index in [0.29, 0.717) is 32.1 Å². The van der Waals surface area contributed by atoms with Gasteiger partial charge in [0.05, 0.1) is 5.69 Å². The molecule has 1 aromatic heterocycles. The van der Waals surface area contributed by atoms with E-state index < -0.39 is 6.03 Å². The summed E-state index contributed by atoms with van der Waals surface area (Å²) in [6.07, 6.45) is 0. The Morgan fingerprint density at radius 3 is 2.37 bits per heavy atom. The number of aromatic nitrogens is 1. The number of hydrogen-bond acceptors (Lipinski definition) is 4. The Kier molecular flexibility index (Phi) is 5.73. The normalized spacial score (nSPS) is 10.3. The van der Waals surface area contributed by atoms with E-state index >= 15 is 0 Å². The van der Waals surface area contributed by atoms with Crippen LogP contribution in [-0.2, 0) is 0 Å². The molecule has 138 valence electrons. The highest BCUT2D eigenvalue weighted by molar-refractivity contribution is 7.17.